The van der Waals surface area contributed by atoms with Gasteiger partial charge in [-0.3, -0.25) is 9.69 Å². The number of amides is 1. The van der Waals surface area contributed by atoms with E-state index in [2.05, 4.69) is 0 Å². The first-order valence-corrected chi connectivity index (χ1v) is 8.55. The van der Waals surface area contributed by atoms with Crippen LogP contribution in [0.1, 0.15) is 19.4 Å². The largest absolute Gasteiger partial charge is 0.490 e. The van der Waals surface area contributed by atoms with Crippen LogP contribution in [0.15, 0.2) is 23.1 Å². The van der Waals surface area contributed by atoms with Gasteiger partial charge in [-0.2, -0.15) is 0 Å². The molecular weight excluding hydrogens is 350 g/mol. The van der Waals surface area contributed by atoms with Gasteiger partial charge in [0.15, 0.2) is 18.1 Å². The molecule has 0 aliphatic carbocycles. The molecular formula is C16H17NO5S2. The number of carbonyl (C=O) groups excluding carboxylic acids is 1. The Labute approximate surface area is 149 Å². The zero-order chi connectivity index (χ0) is 17.7. The van der Waals surface area contributed by atoms with Crippen molar-refractivity contribution >= 4 is 46.3 Å². The molecule has 1 aliphatic heterocycles. The number of thioether (sulfide) groups is 1. The summed E-state index contributed by atoms with van der Waals surface area (Å²) in [4.78, 5) is 25.0. The van der Waals surface area contributed by atoms with Crippen LogP contribution in [0.2, 0.25) is 0 Å². The van der Waals surface area contributed by atoms with Gasteiger partial charge >= 0.3 is 5.97 Å². The third-order valence-electron chi connectivity index (χ3n) is 3.11. The number of hydrogen-bond donors (Lipinski definition) is 1. The van der Waals surface area contributed by atoms with Crippen molar-refractivity contribution in [1.82, 2.24) is 4.90 Å². The monoisotopic (exact) mass is 367 g/mol. The van der Waals surface area contributed by atoms with Gasteiger partial charge in [0.25, 0.3) is 5.91 Å². The molecule has 0 unspecified atom stereocenters. The van der Waals surface area contributed by atoms with Crippen molar-refractivity contribution in [3.63, 3.8) is 0 Å². The molecule has 0 saturated carbocycles. The highest BCUT2D eigenvalue weighted by Gasteiger charge is 2.30. The molecule has 0 spiro atoms. The normalized spacial score (nSPS) is 15.9. The molecule has 0 aromatic heterocycles. The lowest BCUT2D eigenvalue weighted by molar-refractivity contribution is -0.139. The molecule has 1 N–H and O–H groups in total. The maximum absolute atomic E-state index is 12.2. The van der Waals surface area contributed by atoms with Crippen molar-refractivity contribution in [3.8, 4) is 11.5 Å². The molecule has 1 fully saturated rings. The lowest BCUT2D eigenvalue weighted by Gasteiger charge is -2.11. The summed E-state index contributed by atoms with van der Waals surface area (Å²) in [6.07, 6.45) is 1.73. The minimum Gasteiger partial charge on any atom is -0.490 e. The third-order valence-corrected chi connectivity index (χ3v) is 4.48. The molecule has 24 heavy (non-hydrogen) atoms. The number of aliphatic carboxylic acids is 1. The average Bonchev–Trinajstić information content (AvgIpc) is 2.80. The van der Waals surface area contributed by atoms with E-state index in [1.54, 1.807) is 29.2 Å². The fourth-order valence-electron chi connectivity index (χ4n) is 2.07. The number of rotatable bonds is 7. The molecule has 1 saturated heterocycles. The van der Waals surface area contributed by atoms with Crippen LogP contribution in [0.25, 0.3) is 6.08 Å². The van der Waals surface area contributed by atoms with Crippen LogP contribution in [-0.2, 0) is 9.59 Å². The fourth-order valence-corrected chi connectivity index (χ4v) is 3.45. The molecule has 6 nitrogen and oxygen atoms in total. The molecule has 0 bridgehead atoms. The van der Waals surface area contributed by atoms with Crippen molar-refractivity contribution in [2.75, 3.05) is 19.8 Å². The number of carboxylic acid groups (broad SMARTS) is 1. The van der Waals surface area contributed by atoms with Gasteiger partial charge in [-0.15, -0.1) is 0 Å². The average molecular weight is 367 g/mol. The van der Waals surface area contributed by atoms with Gasteiger partial charge in [-0.25, -0.2) is 4.79 Å². The highest BCUT2D eigenvalue weighted by Crippen LogP contribution is 2.34. The fraction of sp³-hybridized carbons (Fsp3) is 0.312. The second-order valence-electron chi connectivity index (χ2n) is 4.75. The van der Waals surface area contributed by atoms with Crippen molar-refractivity contribution in [3.05, 3.63) is 28.7 Å². The van der Waals surface area contributed by atoms with E-state index in [0.717, 1.165) is 5.56 Å². The van der Waals surface area contributed by atoms with E-state index in [4.69, 9.17) is 26.8 Å². The zero-order valence-corrected chi connectivity index (χ0v) is 14.9. The summed E-state index contributed by atoms with van der Waals surface area (Å²) in [5.74, 6) is -0.405. The second-order valence-corrected chi connectivity index (χ2v) is 6.42. The van der Waals surface area contributed by atoms with Crippen LogP contribution in [-0.4, -0.2) is 46.0 Å². The standard InChI is InChI=1S/C16H17NO5S2/c1-3-17-15(20)13(24-16(17)23)8-10-5-6-11(22-9-14(18)19)12(7-10)21-4-2/h5-8H,3-4,9H2,1-2H3,(H,18,19)/b13-8-. The van der Waals surface area contributed by atoms with E-state index in [-0.39, 0.29) is 5.91 Å². The predicted molar refractivity (Wildman–Crippen MR) is 96.3 cm³/mol. The maximum Gasteiger partial charge on any atom is 0.341 e. The van der Waals surface area contributed by atoms with E-state index in [9.17, 15) is 9.59 Å². The van der Waals surface area contributed by atoms with Crippen molar-refractivity contribution < 1.29 is 24.2 Å². The first kappa shape index (κ1) is 18.3. The molecule has 1 heterocycles. The molecule has 2 rings (SSSR count). The second kappa shape index (κ2) is 8.16. The smallest absolute Gasteiger partial charge is 0.341 e. The van der Waals surface area contributed by atoms with Gasteiger partial charge in [0.2, 0.25) is 0 Å². The Morgan fingerprint density at radius 1 is 1.33 bits per heavy atom. The van der Waals surface area contributed by atoms with E-state index >= 15 is 0 Å². The molecule has 8 heteroatoms. The zero-order valence-electron chi connectivity index (χ0n) is 13.3. The van der Waals surface area contributed by atoms with Gasteiger partial charge in [-0.05, 0) is 37.6 Å². The van der Waals surface area contributed by atoms with Gasteiger partial charge in [-0.1, -0.05) is 30.0 Å². The molecule has 1 aromatic rings. The van der Waals surface area contributed by atoms with Crippen LogP contribution >= 0.6 is 24.0 Å². The molecule has 1 aliphatic rings. The quantitative estimate of drug-likeness (QED) is 0.586. The van der Waals surface area contributed by atoms with Crippen LogP contribution in [0, 0.1) is 0 Å². The number of thiocarbonyl (C=S) groups is 1. The van der Waals surface area contributed by atoms with Crippen LogP contribution in [0.3, 0.4) is 0 Å². The first-order chi connectivity index (χ1) is 11.5. The molecule has 0 radical (unpaired) electrons. The Morgan fingerprint density at radius 2 is 2.08 bits per heavy atom. The number of carbonyl (C=O) groups is 2. The van der Waals surface area contributed by atoms with Gasteiger partial charge in [0, 0.05) is 6.54 Å². The summed E-state index contributed by atoms with van der Waals surface area (Å²) in [5, 5.41) is 8.71. The van der Waals surface area contributed by atoms with E-state index in [1.165, 1.54) is 11.8 Å². The predicted octanol–water partition coefficient (Wildman–Crippen LogP) is 2.77. The highest BCUT2D eigenvalue weighted by atomic mass is 32.2. The van der Waals surface area contributed by atoms with Gasteiger partial charge < -0.3 is 14.6 Å². The van der Waals surface area contributed by atoms with Gasteiger partial charge in [0.05, 0.1) is 11.5 Å². The first-order valence-electron chi connectivity index (χ1n) is 7.33. The maximum atomic E-state index is 12.2. The lowest BCUT2D eigenvalue weighted by Crippen LogP contribution is -2.27. The Bertz CT molecular complexity index is 702. The van der Waals surface area contributed by atoms with Crippen LogP contribution in [0.4, 0.5) is 0 Å². The van der Waals surface area contributed by atoms with E-state index in [0.29, 0.717) is 33.9 Å². The molecule has 1 aromatic carbocycles. The summed E-state index contributed by atoms with van der Waals surface area (Å²) in [7, 11) is 0. The number of ether oxygens (including phenoxy) is 2. The minimum absolute atomic E-state index is 0.114. The summed E-state index contributed by atoms with van der Waals surface area (Å²) in [5.41, 5.74) is 0.748. The van der Waals surface area contributed by atoms with Crippen molar-refractivity contribution in [2.24, 2.45) is 0 Å². The number of hydrogen-bond acceptors (Lipinski definition) is 6. The summed E-state index contributed by atoms with van der Waals surface area (Å²) < 4.78 is 11.2. The summed E-state index contributed by atoms with van der Waals surface area (Å²) in [6.45, 7) is 4.18. The Balaban J connectivity index is 2.26. The SMILES string of the molecule is CCOc1cc(/C=C2\SC(=S)N(CC)C2=O)ccc1OCC(=O)O. The number of carboxylic acids is 1. The van der Waals surface area contributed by atoms with Gasteiger partial charge in [0.1, 0.15) is 4.32 Å². The third kappa shape index (κ3) is 4.27. The van der Waals surface area contributed by atoms with Crippen molar-refractivity contribution in [2.45, 2.75) is 13.8 Å². The Morgan fingerprint density at radius 3 is 2.67 bits per heavy atom. The number of likely N-dealkylation sites (N-methyl/N-ethyl adjacent to an activating group) is 1. The topological polar surface area (TPSA) is 76.1 Å². The Kier molecular flexibility index (Phi) is 6.22. The Hall–Kier alpha value is -2.06. The molecule has 1 amide bonds. The van der Waals surface area contributed by atoms with Crippen molar-refractivity contribution in [1.29, 1.82) is 0 Å². The summed E-state index contributed by atoms with van der Waals surface area (Å²) in [6, 6.07) is 5.07. The minimum atomic E-state index is -1.07. The number of nitrogens with zero attached hydrogens (tertiary/aromatic N) is 1. The van der Waals surface area contributed by atoms with Crippen LogP contribution in [0.5, 0.6) is 11.5 Å². The molecule has 0 atom stereocenters. The van der Waals surface area contributed by atoms with E-state index < -0.39 is 12.6 Å². The lowest BCUT2D eigenvalue weighted by atomic mass is 10.2. The molecule has 128 valence electrons. The highest BCUT2D eigenvalue weighted by molar-refractivity contribution is 8.26. The number of benzene rings is 1. The van der Waals surface area contributed by atoms with Crippen LogP contribution < -0.4 is 9.47 Å². The summed E-state index contributed by atoms with van der Waals surface area (Å²) >= 11 is 6.44. The van der Waals surface area contributed by atoms with E-state index in [1.807, 2.05) is 13.8 Å².